The van der Waals surface area contributed by atoms with E-state index in [1.54, 1.807) is 0 Å². The van der Waals surface area contributed by atoms with Crippen molar-refractivity contribution in [2.24, 2.45) is 0 Å². The van der Waals surface area contributed by atoms with E-state index in [4.69, 9.17) is 0 Å². The molecule has 0 heterocycles. The smallest absolute Gasteiger partial charge is 0.0724 e. The molecule has 1 heteroatoms. The van der Waals surface area contributed by atoms with Crippen molar-refractivity contribution in [3.63, 3.8) is 0 Å². The van der Waals surface area contributed by atoms with Gasteiger partial charge in [0.05, 0.1) is 0 Å². The Labute approximate surface area is 30.9 Å². The molecule has 0 saturated carbocycles. The van der Waals surface area contributed by atoms with Gasteiger partial charge in [0.25, 0.3) is 0 Å². The largest absolute Gasteiger partial charge is 1.00 e. The van der Waals surface area contributed by atoms with E-state index in [-0.39, 0.29) is 10.2 Å². The van der Waals surface area contributed by atoms with Crippen molar-refractivity contribution in [2.75, 3.05) is 0 Å². The first-order chi connectivity index (χ1) is 1.73. The molecule has 0 saturated heterocycles. The van der Waals surface area contributed by atoms with E-state index in [9.17, 15) is 0 Å². The minimum Gasteiger partial charge on any atom is -0.0724 e. The Morgan fingerprint density at radius 3 is 1.25 bits per heavy atom. The molecule has 0 N–H and O–H groups in total. The minimum absolute atomic E-state index is 0. The highest BCUT2D eigenvalue weighted by atomic mass is 28.3. The summed E-state index contributed by atoms with van der Waals surface area (Å²) in [6.45, 7) is 6.92. The van der Waals surface area contributed by atoms with Crippen LogP contribution in [0.3, 0.4) is 0 Å². The average molecular weight is 75.2 g/mol. The fourth-order valence-corrected chi connectivity index (χ4v) is 0. The SMILES string of the molecule is C[SiH](C)C.[H+]. The molecule has 0 amide bonds. The van der Waals surface area contributed by atoms with Gasteiger partial charge < -0.3 is 0 Å². The molecule has 26 valence electrons. The van der Waals surface area contributed by atoms with E-state index < -0.39 is 0 Å². The zero-order valence-corrected chi connectivity index (χ0v) is 4.73. The van der Waals surface area contributed by atoms with E-state index in [1.807, 2.05) is 0 Å². The van der Waals surface area contributed by atoms with Gasteiger partial charge in [0.2, 0.25) is 0 Å². The summed E-state index contributed by atoms with van der Waals surface area (Å²) in [4.78, 5) is 0. The predicted octanol–water partition coefficient (Wildman–Crippen LogP) is 1.22. The van der Waals surface area contributed by atoms with Crippen molar-refractivity contribution in [1.82, 2.24) is 0 Å². The van der Waals surface area contributed by atoms with E-state index in [2.05, 4.69) is 19.6 Å². The zero-order valence-electron chi connectivity index (χ0n) is 4.58. The topological polar surface area (TPSA) is 0 Å². The lowest BCUT2D eigenvalue weighted by Crippen LogP contribution is -1.84. The molecule has 0 spiro atoms. The Morgan fingerprint density at radius 1 is 1.25 bits per heavy atom. The summed E-state index contributed by atoms with van der Waals surface area (Å²) < 4.78 is 0. The lowest BCUT2D eigenvalue weighted by molar-refractivity contribution is 1.91. The Hall–Kier alpha value is 0.217. The molecular formula is C3H11Si+. The van der Waals surface area contributed by atoms with Gasteiger partial charge in [-0.25, -0.2) is 0 Å². The molecule has 0 nitrogen and oxygen atoms in total. The van der Waals surface area contributed by atoms with Crippen LogP contribution in [0.2, 0.25) is 19.6 Å². The summed E-state index contributed by atoms with van der Waals surface area (Å²) in [7, 11) is -0.139. The summed E-state index contributed by atoms with van der Waals surface area (Å²) >= 11 is 0. The minimum atomic E-state index is -0.139. The quantitative estimate of drug-likeness (QED) is 0.380. The summed E-state index contributed by atoms with van der Waals surface area (Å²) in [5.74, 6) is 0. The summed E-state index contributed by atoms with van der Waals surface area (Å²) in [6.07, 6.45) is 0. The first kappa shape index (κ1) is 4.22. The van der Waals surface area contributed by atoms with Crippen LogP contribution in [0, 0.1) is 0 Å². The molecule has 0 unspecified atom stereocenters. The van der Waals surface area contributed by atoms with E-state index in [0.717, 1.165) is 0 Å². The van der Waals surface area contributed by atoms with Gasteiger partial charge in [-0.1, -0.05) is 19.6 Å². The maximum Gasteiger partial charge on any atom is 1.00 e. The molecule has 0 rings (SSSR count). The molecule has 0 atom stereocenters. The number of rotatable bonds is 0. The highest BCUT2D eigenvalue weighted by Crippen LogP contribution is 1.68. The van der Waals surface area contributed by atoms with Gasteiger partial charge in [-0.2, -0.15) is 0 Å². The average Bonchev–Trinajstić information content (AvgIpc) is 0.811. The third-order valence-corrected chi connectivity index (χ3v) is 0. The molecule has 0 fully saturated rings. The van der Waals surface area contributed by atoms with Crippen LogP contribution in [0.1, 0.15) is 1.43 Å². The lowest BCUT2D eigenvalue weighted by Gasteiger charge is -1.75. The third-order valence-electron chi connectivity index (χ3n) is 0. The predicted molar refractivity (Wildman–Crippen MR) is 25.9 cm³/mol. The van der Waals surface area contributed by atoms with Gasteiger partial charge in [-0.05, 0) is 0 Å². The van der Waals surface area contributed by atoms with Crippen LogP contribution in [0.25, 0.3) is 0 Å². The van der Waals surface area contributed by atoms with Crippen molar-refractivity contribution in [2.45, 2.75) is 19.6 Å². The molecule has 0 aliphatic rings. The summed E-state index contributed by atoms with van der Waals surface area (Å²) in [5.41, 5.74) is 0. The number of hydrogen-bond donors (Lipinski definition) is 0. The second kappa shape index (κ2) is 1.53. The molecule has 0 aromatic rings. The van der Waals surface area contributed by atoms with Gasteiger partial charge in [0, 0.05) is 8.80 Å². The summed E-state index contributed by atoms with van der Waals surface area (Å²) in [6, 6.07) is 0. The third kappa shape index (κ3) is 69.8. The molecule has 0 radical (unpaired) electrons. The molecular weight excluding hydrogens is 64.1 g/mol. The second-order valence-electron chi connectivity index (χ2n) is 1.73. The summed E-state index contributed by atoms with van der Waals surface area (Å²) in [5, 5.41) is 0. The van der Waals surface area contributed by atoms with Crippen molar-refractivity contribution >= 4 is 8.80 Å². The van der Waals surface area contributed by atoms with Crippen LogP contribution in [-0.2, 0) is 0 Å². The molecule has 0 aromatic heterocycles. The Morgan fingerprint density at radius 2 is 1.25 bits per heavy atom. The van der Waals surface area contributed by atoms with Crippen LogP contribution in [0.4, 0.5) is 0 Å². The van der Waals surface area contributed by atoms with E-state index in [0.29, 0.717) is 0 Å². The maximum atomic E-state index is 2.31. The number of hydrogen-bond acceptors (Lipinski definition) is 0. The standard InChI is InChI=1S/C3H10Si/c1-4(2)3/h4H,1-3H3/p+1. The van der Waals surface area contributed by atoms with Gasteiger partial charge in [-0.3, -0.25) is 0 Å². The highest BCUT2D eigenvalue weighted by Gasteiger charge is 1.71. The maximum absolute atomic E-state index is 2.31. The van der Waals surface area contributed by atoms with Crippen LogP contribution in [-0.4, -0.2) is 8.80 Å². The Balaban J connectivity index is 0. The van der Waals surface area contributed by atoms with Crippen molar-refractivity contribution in [3.05, 3.63) is 0 Å². The second-order valence-corrected chi connectivity index (χ2v) is 5.20. The van der Waals surface area contributed by atoms with E-state index in [1.165, 1.54) is 0 Å². The fraction of sp³-hybridized carbons (Fsp3) is 1.00. The Bertz CT molecular complexity index is 11.6. The lowest BCUT2D eigenvalue weighted by atomic mass is 11.8. The van der Waals surface area contributed by atoms with Gasteiger partial charge in [0.1, 0.15) is 0 Å². The van der Waals surface area contributed by atoms with Gasteiger partial charge in [-0.15, -0.1) is 0 Å². The molecule has 4 heavy (non-hydrogen) atoms. The Kier molecular flexibility index (Phi) is 1.61. The van der Waals surface area contributed by atoms with Crippen LogP contribution in [0.15, 0.2) is 0 Å². The van der Waals surface area contributed by atoms with Crippen LogP contribution >= 0.6 is 0 Å². The fourth-order valence-electron chi connectivity index (χ4n) is 0. The van der Waals surface area contributed by atoms with Crippen molar-refractivity contribution in [3.8, 4) is 0 Å². The monoisotopic (exact) mass is 75.1 g/mol. The van der Waals surface area contributed by atoms with Crippen molar-refractivity contribution in [1.29, 1.82) is 0 Å². The first-order valence-electron chi connectivity index (χ1n) is 1.73. The van der Waals surface area contributed by atoms with Gasteiger partial charge in [0.15, 0.2) is 0 Å². The molecule has 0 bridgehead atoms. The van der Waals surface area contributed by atoms with Crippen molar-refractivity contribution < 1.29 is 1.43 Å². The van der Waals surface area contributed by atoms with Crippen LogP contribution in [0.5, 0.6) is 0 Å². The highest BCUT2D eigenvalue weighted by molar-refractivity contribution is 6.54. The molecule has 0 aliphatic heterocycles. The first-order valence-corrected chi connectivity index (χ1v) is 5.20. The molecule has 0 aromatic carbocycles. The van der Waals surface area contributed by atoms with Crippen LogP contribution < -0.4 is 0 Å². The molecule has 0 aliphatic carbocycles. The van der Waals surface area contributed by atoms with E-state index >= 15 is 0 Å². The zero-order chi connectivity index (χ0) is 3.58. The van der Waals surface area contributed by atoms with Gasteiger partial charge >= 0.3 is 1.43 Å². The normalized spacial score (nSPS) is 9.00.